The van der Waals surface area contributed by atoms with Crippen LogP contribution in [0, 0.1) is 6.92 Å². The number of hydrogen-bond acceptors (Lipinski definition) is 6. The van der Waals surface area contributed by atoms with Crippen molar-refractivity contribution >= 4 is 17.3 Å². The van der Waals surface area contributed by atoms with Crippen molar-refractivity contribution in [2.45, 2.75) is 26.4 Å². The van der Waals surface area contributed by atoms with Gasteiger partial charge >= 0.3 is 0 Å². The van der Waals surface area contributed by atoms with Crippen molar-refractivity contribution in [3.63, 3.8) is 0 Å². The van der Waals surface area contributed by atoms with Gasteiger partial charge in [0.2, 0.25) is 0 Å². The number of nitrogens with one attached hydrogen (secondary N) is 2. The lowest BCUT2D eigenvalue weighted by molar-refractivity contribution is 0.102. The molecule has 0 saturated heterocycles. The van der Waals surface area contributed by atoms with E-state index in [1.165, 1.54) is 32.4 Å². The summed E-state index contributed by atoms with van der Waals surface area (Å²) in [6, 6.07) is 12.5. The largest absolute Gasteiger partial charge is 0.387 e. The van der Waals surface area contributed by atoms with Crippen LogP contribution in [-0.4, -0.2) is 32.9 Å². The SMILES string of the molecule is C=C(NC)c1cc(-c2cncc(-c3cc(NC(=O)c4ccnc(C(C)(C)F)c4)ccc3C)c2)ncn1. The van der Waals surface area contributed by atoms with Gasteiger partial charge in [-0.1, -0.05) is 12.6 Å². The van der Waals surface area contributed by atoms with E-state index in [0.29, 0.717) is 22.6 Å². The predicted molar refractivity (Wildman–Crippen MR) is 140 cm³/mol. The molecule has 4 aromatic rings. The molecule has 182 valence electrons. The zero-order valence-corrected chi connectivity index (χ0v) is 20.6. The number of carbonyl (C=O) groups is 1. The molecule has 3 aromatic heterocycles. The summed E-state index contributed by atoms with van der Waals surface area (Å²) in [4.78, 5) is 30.0. The highest BCUT2D eigenvalue weighted by Gasteiger charge is 2.22. The average molecular weight is 483 g/mol. The molecule has 0 bridgehead atoms. The van der Waals surface area contributed by atoms with Crippen LogP contribution in [0.4, 0.5) is 10.1 Å². The monoisotopic (exact) mass is 482 g/mol. The summed E-state index contributed by atoms with van der Waals surface area (Å²) in [5, 5.41) is 5.89. The number of pyridine rings is 2. The van der Waals surface area contributed by atoms with Gasteiger partial charge < -0.3 is 10.6 Å². The average Bonchev–Trinajstić information content (AvgIpc) is 2.89. The molecular weight excluding hydrogens is 455 g/mol. The predicted octanol–water partition coefficient (Wildman–Crippen LogP) is 5.56. The molecule has 7 nitrogen and oxygen atoms in total. The van der Waals surface area contributed by atoms with Gasteiger partial charge in [-0.2, -0.15) is 0 Å². The van der Waals surface area contributed by atoms with E-state index in [2.05, 4.69) is 37.1 Å². The minimum Gasteiger partial charge on any atom is -0.387 e. The van der Waals surface area contributed by atoms with E-state index < -0.39 is 5.67 Å². The highest BCUT2D eigenvalue weighted by Crippen LogP contribution is 2.30. The van der Waals surface area contributed by atoms with E-state index in [9.17, 15) is 9.18 Å². The second-order valence-corrected chi connectivity index (χ2v) is 8.87. The van der Waals surface area contributed by atoms with Gasteiger partial charge in [0.15, 0.2) is 0 Å². The lowest BCUT2D eigenvalue weighted by Gasteiger charge is -2.15. The van der Waals surface area contributed by atoms with E-state index >= 15 is 0 Å². The number of anilines is 1. The van der Waals surface area contributed by atoms with Gasteiger partial charge in [0.25, 0.3) is 5.91 Å². The third kappa shape index (κ3) is 5.43. The van der Waals surface area contributed by atoms with Crippen LogP contribution >= 0.6 is 0 Å². The molecule has 0 spiro atoms. The van der Waals surface area contributed by atoms with Gasteiger partial charge in [0.05, 0.1) is 22.8 Å². The quantitative estimate of drug-likeness (QED) is 0.358. The number of carbonyl (C=O) groups excluding carboxylic acids is 1. The van der Waals surface area contributed by atoms with Crippen molar-refractivity contribution in [3.05, 3.63) is 96.5 Å². The molecule has 1 amide bonds. The molecule has 0 aliphatic heterocycles. The highest BCUT2D eigenvalue weighted by molar-refractivity contribution is 6.04. The molecule has 0 unspecified atom stereocenters. The summed E-state index contributed by atoms with van der Waals surface area (Å²) in [6.45, 7) is 8.76. The molecule has 36 heavy (non-hydrogen) atoms. The van der Waals surface area contributed by atoms with Gasteiger partial charge in [-0.15, -0.1) is 0 Å². The second kappa shape index (κ2) is 10.0. The topological polar surface area (TPSA) is 92.7 Å². The van der Waals surface area contributed by atoms with Gasteiger partial charge in [-0.3, -0.25) is 14.8 Å². The Kier molecular flexibility index (Phi) is 6.87. The highest BCUT2D eigenvalue weighted by atomic mass is 19.1. The zero-order valence-electron chi connectivity index (χ0n) is 20.6. The summed E-state index contributed by atoms with van der Waals surface area (Å²) in [5.74, 6) is -0.345. The van der Waals surface area contributed by atoms with Crippen LogP contribution in [0.5, 0.6) is 0 Å². The van der Waals surface area contributed by atoms with Crippen molar-refractivity contribution in [2.75, 3.05) is 12.4 Å². The Morgan fingerprint density at radius 1 is 1.00 bits per heavy atom. The maximum Gasteiger partial charge on any atom is 0.255 e. The number of benzene rings is 1. The maximum absolute atomic E-state index is 14.3. The number of amides is 1. The fraction of sp³-hybridized carbons (Fsp3) is 0.179. The summed E-state index contributed by atoms with van der Waals surface area (Å²) >= 11 is 0. The van der Waals surface area contributed by atoms with Crippen molar-refractivity contribution in [2.24, 2.45) is 0 Å². The fourth-order valence-electron chi connectivity index (χ4n) is 3.65. The van der Waals surface area contributed by atoms with E-state index in [1.807, 2.05) is 37.3 Å². The van der Waals surface area contributed by atoms with Crippen molar-refractivity contribution in [3.8, 4) is 22.4 Å². The van der Waals surface area contributed by atoms with Crippen LogP contribution in [0.1, 0.15) is 41.2 Å². The third-order valence-corrected chi connectivity index (χ3v) is 5.75. The van der Waals surface area contributed by atoms with Crippen molar-refractivity contribution in [1.82, 2.24) is 25.3 Å². The molecule has 0 aliphatic carbocycles. The summed E-state index contributed by atoms with van der Waals surface area (Å²) in [5.41, 5.74) is 5.24. The lowest BCUT2D eigenvalue weighted by atomic mass is 9.99. The Labute approximate surface area is 209 Å². The van der Waals surface area contributed by atoms with Crippen molar-refractivity contribution in [1.29, 1.82) is 0 Å². The third-order valence-electron chi connectivity index (χ3n) is 5.75. The summed E-state index contributed by atoms with van der Waals surface area (Å²) in [6.07, 6.45) is 6.44. The lowest BCUT2D eigenvalue weighted by Crippen LogP contribution is -2.16. The molecule has 0 fully saturated rings. The van der Waals surface area contributed by atoms with Gasteiger partial charge in [0.1, 0.15) is 12.0 Å². The number of hydrogen-bond donors (Lipinski definition) is 2. The Bertz CT molecular complexity index is 1440. The van der Waals surface area contributed by atoms with E-state index in [0.717, 1.165) is 27.9 Å². The van der Waals surface area contributed by atoms with Crippen LogP contribution in [-0.2, 0) is 5.67 Å². The van der Waals surface area contributed by atoms with Gasteiger partial charge in [-0.25, -0.2) is 14.4 Å². The van der Waals surface area contributed by atoms with Crippen molar-refractivity contribution < 1.29 is 9.18 Å². The van der Waals surface area contributed by atoms with Crippen LogP contribution in [0.2, 0.25) is 0 Å². The first-order chi connectivity index (χ1) is 17.2. The first-order valence-corrected chi connectivity index (χ1v) is 11.4. The Hall–Kier alpha value is -4.46. The molecule has 0 radical (unpaired) electrons. The molecule has 0 aliphatic rings. The van der Waals surface area contributed by atoms with Crippen LogP contribution in [0.25, 0.3) is 28.1 Å². The van der Waals surface area contributed by atoms with E-state index in [1.54, 1.807) is 25.5 Å². The van der Waals surface area contributed by atoms with E-state index in [4.69, 9.17) is 0 Å². The normalized spacial score (nSPS) is 11.1. The molecule has 8 heteroatoms. The number of alkyl halides is 1. The minimum absolute atomic E-state index is 0.203. The fourth-order valence-corrected chi connectivity index (χ4v) is 3.65. The zero-order chi connectivity index (χ0) is 25.9. The molecule has 1 aromatic carbocycles. The number of nitrogens with zero attached hydrogens (tertiary/aromatic N) is 4. The van der Waals surface area contributed by atoms with E-state index in [-0.39, 0.29) is 11.6 Å². The molecule has 0 saturated carbocycles. The van der Waals surface area contributed by atoms with Gasteiger partial charge in [-0.05, 0) is 68.3 Å². The smallest absolute Gasteiger partial charge is 0.255 e. The molecule has 3 heterocycles. The van der Waals surface area contributed by atoms with Crippen LogP contribution in [0.15, 0.2) is 74.0 Å². The number of halogens is 1. The minimum atomic E-state index is -1.64. The summed E-state index contributed by atoms with van der Waals surface area (Å²) < 4.78 is 14.3. The summed E-state index contributed by atoms with van der Waals surface area (Å²) in [7, 11) is 1.79. The number of aromatic nitrogens is 4. The number of rotatable bonds is 7. The molecule has 2 N–H and O–H groups in total. The molecule has 0 atom stereocenters. The molecule has 4 rings (SSSR count). The Morgan fingerprint density at radius 2 is 1.78 bits per heavy atom. The first kappa shape index (κ1) is 24.7. The van der Waals surface area contributed by atoms with Gasteiger partial charge in [0, 0.05) is 48.0 Å². The Balaban J connectivity index is 1.63. The van der Waals surface area contributed by atoms with Crippen LogP contribution < -0.4 is 10.6 Å². The first-order valence-electron chi connectivity index (χ1n) is 11.4. The second-order valence-electron chi connectivity index (χ2n) is 8.87. The maximum atomic E-state index is 14.3. The molecular formula is C28H27FN6O. The van der Waals surface area contributed by atoms with Crippen LogP contribution in [0.3, 0.4) is 0 Å². The Morgan fingerprint density at radius 3 is 2.53 bits per heavy atom. The standard InChI is InChI=1S/C28H27FN6O/c1-17-6-7-22(35-27(36)19-8-9-32-26(11-19)28(3,4)29)12-23(17)20-10-21(15-31-14-20)25-13-24(18(2)30-5)33-16-34-25/h6-16,30H,2H2,1,3-5H3,(H,35,36). The number of aryl methyl sites for hydroxylation is 1.